The van der Waals surface area contributed by atoms with Crippen LogP contribution in [0.4, 0.5) is 0 Å². The van der Waals surface area contributed by atoms with Crippen LogP contribution in [0, 0.1) is 0 Å². The highest BCUT2D eigenvalue weighted by molar-refractivity contribution is 6.31. The molecule has 1 aliphatic heterocycles. The van der Waals surface area contributed by atoms with Crippen LogP contribution in [-0.2, 0) is 29.1 Å². The number of carbonyl (C=O) groups is 1. The molecule has 0 aliphatic carbocycles. The normalized spacial score (nSPS) is 17.0. The molecule has 0 radical (unpaired) electrons. The number of aryl methyl sites for hydroxylation is 1. The van der Waals surface area contributed by atoms with Gasteiger partial charge in [-0.05, 0) is 25.0 Å². The molecule has 6 nitrogen and oxygen atoms in total. The molecule has 0 N–H and O–H groups in total. The molecular weight excluding hydrogens is 328 g/mol. The summed E-state index contributed by atoms with van der Waals surface area (Å²) in [6, 6.07) is 7.56. The summed E-state index contributed by atoms with van der Waals surface area (Å²) in [5.74, 6) is 1.74. The molecule has 2 aromatic rings. The second kappa shape index (κ2) is 7.32. The van der Waals surface area contributed by atoms with Gasteiger partial charge in [0.05, 0.1) is 6.04 Å². The van der Waals surface area contributed by atoms with E-state index >= 15 is 0 Å². The van der Waals surface area contributed by atoms with Gasteiger partial charge in [-0.3, -0.25) is 4.79 Å². The smallest absolute Gasteiger partial charge is 0.223 e. The summed E-state index contributed by atoms with van der Waals surface area (Å²) in [4.78, 5) is 14.5. The lowest BCUT2D eigenvalue weighted by molar-refractivity contribution is -0.134. The quantitative estimate of drug-likeness (QED) is 0.833. The Labute approximate surface area is 146 Å². The minimum Gasteiger partial charge on any atom is -0.377 e. The highest BCUT2D eigenvalue weighted by Gasteiger charge is 2.30. The Bertz CT molecular complexity index is 731. The molecule has 0 bridgehead atoms. The number of fused-ring (bicyclic) bond motifs is 1. The molecule has 0 saturated heterocycles. The second-order valence-electron chi connectivity index (χ2n) is 5.91. The van der Waals surface area contributed by atoms with E-state index in [-0.39, 0.29) is 11.9 Å². The van der Waals surface area contributed by atoms with Gasteiger partial charge in [0.15, 0.2) is 11.6 Å². The molecule has 0 saturated carbocycles. The number of benzene rings is 1. The number of amides is 1. The number of carbonyl (C=O) groups excluding carboxylic acids is 1. The topological polar surface area (TPSA) is 60.3 Å². The fourth-order valence-electron chi connectivity index (χ4n) is 3.11. The molecule has 7 heteroatoms. The van der Waals surface area contributed by atoms with Crippen LogP contribution >= 0.6 is 11.6 Å². The second-order valence-corrected chi connectivity index (χ2v) is 6.32. The van der Waals surface area contributed by atoms with E-state index < -0.39 is 0 Å². The number of hydrogen-bond donors (Lipinski definition) is 0. The van der Waals surface area contributed by atoms with Gasteiger partial charge in [0.1, 0.15) is 6.61 Å². The molecule has 0 spiro atoms. The van der Waals surface area contributed by atoms with E-state index in [9.17, 15) is 4.79 Å². The van der Waals surface area contributed by atoms with Gasteiger partial charge in [-0.2, -0.15) is 0 Å². The van der Waals surface area contributed by atoms with Crippen molar-refractivity contribution >= 4 is 17.5 Å². The van der Waals surface area contributed by atoms with Gasteiger partial charge in [-0.15, -0.1) is 10.2 Å². The lowest BCUT2D eigenvalue weighted by Gasteiger charge is -2.33. The van der Waals surface area contributed by atoms with Gasteiger partial charge in [-0.1, -0.05) is 29.8 Å². The molecule has 0 fully saturated rings. The highest BCUT2D eigenvalue weighted by atomic mass is 35.5. The van der Waals surface area contributed by atoms with Crippen LogP contribution in [0.5, 0.6) is 0 Å². The number of aromatic nitrogens is 3. The van der Waals surface area contributed by atoms with Crippen molar-refractivity contribution in [2.24, 2.45) is 0 Å². The average Bonchev–Trinajstić information content (AvgIpc) is 2.98. The Morgan fingerprint density at radius 1 is 1.33 bits per heavy atom. The summed E-state index contributed by atoms with van der Waals surface area (Å²) in [7, 11) is 1.64. The van der Waals surface area contributed by atoms with Crippen LogP contribution in [-0.4, -0.2) is 39.2 Å². The zero-order valence-corrected chi connectivity index (χ0v) is 14.7. The van der Waals surface area contributed by atoms with Crippen LogP contribution in [0.1, 0.15) is 36.6 Å². The van der Waals surface area contributed by atoms with E-state index in [0.717, 1.165) is 17.2 Å². The van der Waals surface area contributed by atoms with Gasteiger partial charge < -0.3 is 14.2 Å². The lowest BCUT2D eigenvalue weighted by Crippen LogP contribution is -2.41. The standard InChI is InChI=1S/C17H21ClN4O2/c1-12-17-20-19-15(11-24-2)22(17)10-9-21(12)16(23)8-7-13-5-3-4-6-14(13)18/h3-6,12H,7-11H2,1-2H3/t12-/m1/s1. The largest absolute Gasteiger partial charge is 0.377 e. The fraction of sp³-hybridized carbons (Fsp3) is 0.471. The first kappa shape index (κ1) is 16.9. The molecule has 1 aromatic heterocycles. The Morgan fingerprint density at radius 3 is 2.88 bits per heavy atom. The van der Waals surface area contributed by atoms with E-state index in [0.29, 0.717) is 37.6 Å². The van der Waals surface area contributed by atoms with E-state index in [1.807, 2.05) is 40.7 Å². The number of ether oxygens (including phenoxy) is 1. The molecule has 1 aromatic carbocycles. The number of hydrogen-bond acceptors (Lipinski definition) is 4. The summed E-state index contributed by atoms with van der Waals surface area (Å²) >= 11 is 6.16. The Balaban J connectivity index is 1.67. The third-order valence-corrected chi connectivity index (χ3v) is 4.79. The SMILES string of the molecule is COCc1nnc2n1CCN(C(=O)CCc1ccccc1Cl)[C@@H]2C. The van der Waals surface area contributed by atoms with Crippen molar-refractivity contribution in [3.63, 3.8) is 0 Å². The van der Waals surface area contributed by atoms with E-state index in [1.165, 1.54) is 0 Å². The summed E-state index contributed by atoms with van der Waals surface area (Å²) in [5.41, 5.74) is 1.00. The van der Waals surface area contributed by atoms with Crippen LogP contribution in [0.3, 0.4) is 0 Å². The van der Waals surface area contributed by atoms with Gasteiger partial charge in [0.2, 0.25) is 5.91 Å². The molecule has 3 rings (SSSR count). The summed E-state index contributed by atoms with van der Waals surface area (Å²) in [6.45, 7) is 3.78. The summed E-state index contributed by atoms with van der Waals surface area (Å²) in [5, 5.41) is 9.12. The summed E-state index contributed by atoms with van der Waals surface area (Å²) < 4.78 is 7.19. The minimum absolute atomic E-state index is 0.0874. The zero-order chi connectivity index (χ0) is 17.1. The zero-order valence-electron chi connectivity index (χ0n) is 13.9. The first-order chi connectivity index (χ1) is 11.6. The third-order valence-electron chi connectivity index (χ3n) is 4.42. The number of nitrogens with zero attached hydrogens (tertiary/aromatic N) is 4. The first-order valence-corrected chi connectivity index (χ1v) is 8.43. The monoisotopic (exact) mass is 348 g/mol. The van der Waals surface area contributed by atoms with Gasteiger partial charge >= 0.3 is 0 Å². The fourth-order valence-corrected chi connectivity index (χ4v) is 3.34. The van der Waals surface area contributed by atoms with Crippen LogP contribution in [0.25, 0.3) is 0 Å². The molecule has 2 heterocycles. The van der Waals surface area contributed by atoms with Crippen LogP contribution < -0.4 is 0 Å². The van der Waals surface area contributed by atoms with Crippen molar-refractivity contribution in [1.82, 2.24) is 19.7 Å². The predicted octanol–water partition coefficient (Wildman–Crippen LogP) is 2.61. The number of rotatable bonds is 5. The number of halogens is 1. The van der Waals surface area contributed by atoms with Crippen LogP contribution in [0.2, 0.25) is 5.02 Å². The first-order valence-electron chi connectivity index (χ1n) is 8.05. The van der Waals surface area contributed by atoms with Gasteiger partial charge in [0, 0.05) is 31.6 Å². The van der Waals surface area contributed by atoms with Crippen molar-refractivity contribution in [2.75, 3.05) is 13.7 Å². The minimum atomic E-state index is -0.0874. The Hall–Kier alpha value is -1.92. The van der Waals surface area contributed by atoms with Crippen molar-refractivity contribution in [2.45, 2.75) is 39.0 Å². The molecule has 1 atom stereocenters. The van der Waals surface area contributed by atoms with Crippen molar-refractivity contribution in [3.8, 4) is 0 Å². The summed E-state index contributed by atoms with van der Waals surface area (Å²) in [6.07, 6.45) is 1.08. The maximum Gasteiger partial charge on any atom is 0.223 e. The lowest BCUT2D eigenvalue weighted by atomic mass is 10.1. The maximum absolute atomic E-state index is 12.6. The van der Waals surface area contributed by atoms with Crippen LogP contribution in [0.15, 0.2) is 24.3 Å². The van der Waals surface area contributed by atoms with Gasteiger partial charge in [-0.25, -0.2) is 0 Å². The highest BCUT2D eigenvalue weighted by Crippen LogP contribution is 2.26. The molecule has 1 amide bonds. The predicted molar refractivity (Wildman–Crippen MR) is 90.6 cm³/mol. The van der Waals surface area contributed by atoms with Crippen molar-refractivity contribution < 1.29 is 9.53 Å². The molecule has 128 valence electrons. The molecular formula is C17H21ClN4O2. The van der Waals surface area contributed by atoms with E-state index in [1.54, 1.807) is 7.11 Å². The number of methoxy groups -OCH3 is 1. The van der Waals surface area contributed by atoms with Crippen molar-refractivity contribution in [3.05, 3.63) is 46.5 Å². The Morgan fingerprint density at radius 2 is 2.12 bits per heavy atom. The van der Waals surface area contributed by atoms with Crippen molar-refractivity contribution in [1.29, 1.82) is 0 Å². The van der Waals surface area contributed by atoms with Gasteiger partial charge in [0.25, 0.3) is 0 Å². The molecule has 1 aliphatic rings. The Kier molecular flexibility index (Phi) is 5.16. The third kappa shape index (κ3) is 3.30. The van der Waals surface area contributed by atoms with E-state index in [2.05, 4.69) is 10.2 Å². The molecule has 24 heavy (non-hydrogen) atoms. The van der Waals surface area contributed by atoms with E-state index in [4.69, 9.17) is 16.3 Å². The average molecular weight is 349 g/mol. The molecule has 0 unspecified atom stereocenters. The maximum atomic E-state index is 12.6.